The van der Waals surface area contributed by atoms with Crippen molar-refractivity contribution >= 4 is 5.97 Å². The fraction of sp³-hybridized carbons (Fsp3) is 0.857. The van der Waals surface area contributed by atoms with Gasteiger partial charge in [-0.05, 0) is 6.92 Å². The van der Waals surface area contributed by atoms with Gasteiger partial charge in [0.05, 0.1) is 6.10 Å². The smallest absolute Gasteiger partial charge is 0.302 e. The zero-order chi connectivity index (χ0) is 8.43. The molecule has 3 atom stereocenters. The molecule has 1 saturated heterocycles. The van der Waals surface area contributed by atoms with Gasteiger partial charge in [-0.15, -0.1) is 0 Å². The van der Waals surface area contributed by atoms with Gasteiger partial charge in [0.2, 0.25) is 0 Å². The molecule has 1 N–H and O–H groups in total. The van der Waals surface area contributed by atoms with E-state index in [4.69, 9.17) is 14.6 Å². The minimum atomic E-state index is -0.783. The second kappa shape index (κ2) is 3.19. The predicted octanol–water partition coefficient (Wildman–Crippen LogP) is 0.0453. The van der Waals surface area contributed by atoms with Crippen molar-refractivity contribution in [1.29, 1.82) is 0 Å². The first kappa shape index (κ1) is 8.49. The highest BCUT2D eigenvalue weighted by Crippen LogP contribution is 2.20. The Labute approximate surface area is 65.1 Å². The van der Waals surface area contributed by atoms with E-state index in [0.717, 1.165) is 0 Å². The first-order valence-electron chi connectivity index (χ1n) is 3.60. The number of ether oxygens (including phenoxy) is 2. The molecule has 1 heterocycles. The van der Waals surface area contributed by atoms with Crippen molar-refractivity contribution in [2.75, 3.05) is 0 Å². The number of esters is 1. The van der Waals surface area contributed by atoms with Crippen molar-refractivity contribution in [2.45, 2.75) is 38.8 Å². The van der Waals surface area contributed by atoms with Gasteiger partial charge in [-0.1, -0.05) is 0 Å². The van der Waals surface area contributed by atoms with Gasteiger partial charge in [0.1, 0.15) is 6.10 Å². The predicted molar refractivity (Wildman–Crippen MR) is 36.7 cm³/mol. The molecule has 0 amide bonds. The zero-order valence-corrected chi connectivity index (χ0v) is 6.61. The molecule has 4 nitrogen and oxygen atoms in total. The van der Waals surface area contributed by atoms with Gasteiger partial charge in [0.25, 0.3) is 0 Å². The van der Waals surface area contributed by atoms with Gasteiger partial charge in [0.15, 0.2) is 6.29 Å². The lowest BCUT2D eigenvalue weighted by Gasteiger charge is -2.12. The van der Waals surface area contributed by atoms with E-state index in [0.29, 0.717) is 6.42 Å². The third-order valence-electron chi connectivity index (χ3n) is 1.65. The molecule has 1 aliphatic rings. The van der Waals surface area contributed by atoms with Crippen molar-refractivity contribution in [3.63, 3.8) is 0 Å². The molecular formula is C7H12O4. The van der Waals surface area contributed by atoms with E-state index in [2.05, 4.69) is 0 Å². The Hall–Kier alpha value is -0.610. The van der Waals surface area contributed by atoms with E-state index >= 15 is 0 Å². The third kappa shape index (κ3) is 2.17. The van der Waals surface area contributed by atoms with Crippen molar-refractivity contribution < 1.29 is 19.4 Å². The maximum absolute atomic E-state index is 10.5. The number of hydrogen-bond acceptors (Lipinski definition) is 4. The molecule has 1 fully saturated rings. The standard InChI is InChI=1S/C7H12O4/c1-4-6(11-5(2)8)3-7(9)10-4/h4,6-7,9H,3H2,1-2H3/t4-,6+,7+/m1/s1. The average molecular weight is 160 g/mol. The molecule has 64 valence electrons. The van der Waals surface area contributed by atoms with Crippen molar-refractivity contribution in [3.8, 4) is 0 Å². The van der Waals surface area contributed by atoms with Crippen LogP contribution in [0, 0.1) is 0 Å². The average Bonchev–Trinajstić information content (AvgIpc) is 2.09. The Kier molecular flexibility index (Phi) is 2.46. The number of carbonyl (C=O) groups is 1. The van der Waals surface area contributed by atoms with Crippen LogP contribution in [0.3, 0.4) is 0 Å². The molecule has 0 spiro atoms. The largest absolute Gasteiger partial charge is 0.460 e. The number of carbonyl (C=O) groups excluding carboxylic acids is 1. The lowest BCUT2D eigenvalue weighted by molar-refractivity contribution is -0.149. The summed E-state index contributed by atoms with van der Waals surface area (Å²) < 4.78 is 9.82. The van der Waals surface area contributed by atoms with E-state index in [9.17, 15) is 4.79 Å². The van der Waals surface area contributed by atoms with Gasteiger partial charge < -0.3 is 14.6 Å². The molecule has 0 unspecified atom stereocenters. The van der Waals surface area contributed by atoms with Crippen LogP contribution in [0.1, 0.15) is 20.3 Å². The Morgan fingerprint density at radius 3 is 2.73 bits per heavy atom. The van der Waals surface area contributed by atoms with E-state index < -0.39 is 6.29 Å². The Morgan fingerprint density at radius 1 is 1.73 bits per heavy atom. The van der Waals surface area contributed by atoms with Crippen LogP contribution in [0.5, 0.6) is 0 Å². The monoisotopic (exact) mass is 160 g/mol. The molecule has 11 heavy (non-hydrogen) atoms. The van der Waals surface area contributed by atoms with Crippen LogP contribution in [0.25, 0.3) is 0 Å². The molecule has 0 bridgehead atoms. The highest BCUT2D eigenvalue weighted by molar-refractivity contribution is 5.66. The first-order valence-corrected chi connectivity index (χ1v) is 3.60. The summed E-state index contributed by atoms with van der Waals surface area (Å²) in [6.07, 6.45) is -0.897. The molecule has 1 aliphatic heterocycles. The molecule has 0 aliphatic carbocycles. The molecule has 0 aromatic rings. The van der Waals surface area contributed by atoms with Crippen LogP contribution < -0.4 is 0 Å². The van der Waals surface area contributed by atoms with E-state index in [1.54, 1.807) is 6.92 Å². The maximum Gasteiger partial charge on any atom is 0.302 e. The van der Waals surface area contributed by atoms with Crippen molar-refractivity contribution in [1.82, 2.24) is 0 Å². The van der Waals surface area contributed by atoms with Crippen LogP contribution >= 0.6 is 0 Å². The first-order chi connectivity index (χ1) is 5.09. The third-order valence-corrected chi connectivity index (χ3v) is 1.65. The van der Waals surface area contributed by atoms with Crippen LogP contribution in [-0.4, -0.2) is 29.6 Å². The maximum atomic E-state index is 10.5. The lowest BCUT2D eigenvalue weighted by atomic mass is 10.2. The normalized spacial score (nSPS) is 37.2. The quantitative estimate of drug-likeness (QED) is 0.550. The molecule has 1 rings (SSSR count). The summed E-state index contributed by atoms with van der Waals surface area (Å²) in [5.74, 6) is -0.334. The minimum absolute atomic E-state index is 0.200. The second-order valence-corrected chi connectivity index (χ2v) is 2.68. The van der Waals surface area contributed by atoms with Gasteiger partial charge in [-0.25, -0.2) is 0 Å². The van der Waals surface area contributed by atoms with Gasteiger partial charge in [0, 0.05) is 13.3 Å². The topological polar surface area (TPSA) is 55.8 Å². The van der Waals surface area contributed by atoms with E-state index in [1.165, 1.54) is 6.92 Å². The highest BCUT2D eigenvalue weighted by Gasteiger charge is 2.32. The summed E-state index contributed by atoms with van der Waals surface area (Å²) >= 11 is 0. The molecule has 4 heteroatoms. The molecule has 0 saturated carbocycles. The number of aliphatic hydroxyl groups excluding tert-OH is 1. The molecular weight excluding hydrogens is 148 g/mol. The van der Waals surface area contributed by atoms with Crippen molar-refractivity contribution in [2.24, 2.45) is 0 Å². The summed E-state index contributed by atoms with van der Waals surface area (Å²) in [4.78, 5) is 10.5. The van der Waals surface area contributed by atoms with Crippen LogP contribution in [0.4, 0.5) is 0 Å². The summed E-state index contributed by atoms with van der Waals surface area (Å²) in [7, 11) is 0. The van der Waals surface area contributed by atoms with Crippen molar-refractivity contribution in [3.05, 3.63) is 0 Å². The SMILES string of the molecule is CC(=O)O[C@H]1C[C@@H](O)O[C@@H]1C. The lowest BCUT2D eigenvalue weighted by Crippen LogP contribution is -2.23. The summed E-state index contributed by atoms with van der Waals surface area (Å²) in [6.45, 7) is 3.11. The fourth-order valence-electron chi connectivity index (χ4n) is 1.14. The zero-order valence-electron chi connectivity index (χ0n) is 6.61. The fourth-order valence-corrected chi connectivity index (χ4v) is 1.14. The second-order valence-electron chi connectivity index (χ2n) is 2.68. The van der Waals surface area contributed by atoms with Gasteiger partial charge in [-0.3, -0.25) is 4.79 Å². The Morgan fingerprint density at radius 2 is 2.36 bits per heavy atom. The number of rotatable bonds is 1. The van der Waals surface area contributed by atoms with Crippen LogP contribution in [0.2, 0.25) is 0 Å². The number of aliphatic hydroxyl groups is 1. The van der Waals surface area contributed by atoms with E-state index in [-0.39, 0.29) is 18.2 Å². The van der Waals surface area contributed by atoms with Gasteiger partial charge >= 0.3 is 5.97 Å². The van der Waals surface area contributed by atoms with Crippen LogP contribution in [0.15, 0.2) is 0 Å². The summed E-state index contributed by atoms with van der Waals surface area (Å²) in [5, 5.41) is 8.97. The highest BCUT2D eigenvalue weighted by atomic mass is 16.6. The number of hydrogen-bond donors (Lipinski definition) is 1. The van der Waals surface area contributed by atoms with E-state index in [1.807, 2.05) is 0 Å². The Balaban J connectivity index is 2.40. The summed E-state index contributed by atoms with van der Waals surface area (Å²) in [5.41, 5.74) is 0. The van der Waals surface area contributed by atoms with Crippen LogP contribution in [-0.2, 0) is 14.3 Å². The molecule has 0 radical (unpaired) electrons. The Bertz CT molecular complexity index is 157. The molecule has 0 aromatic carbocycles. The minimum Gasteiger partial charge on any atom is -0.460 e. The molecule has 0 aromatic heterocycles. The summed E-state index contributed by atoms with van der Waals surface area (Å²) in [6, 6.07) is 0. The van der Waals surface area contributed by atoms with Gasteiger partial charge in [-0.2, -0.15) is 0 Å².